The Hall–Kier alpha value is -3.83. The van der Waals surface area contributed by atoms with E-state index in [1.807, 2.05) is 36.4 Å². The number of rotatable bonds is 7. The van der Waals surface area contributed by atoms with Gasteiger partial charge in [-0.3, -0.25) is 4.72 Å². The van der Waals surface area contributed by atoms with E-state index in [4.69, 9.17) is 4.74 Å². The second-order valence-corrected chi connectivity index (χ2v) is 8.49. The van der Waals surface area contributed by atoms with Gasteiger partial charge in [0, 0.05) is 0 Å². The van der Waals surface area contributed by atoms with Crippen molar-refractivity contribution in [3.8, 4) is 11.8 Å². The number of ether oxygens (including phenoxy) is 1. The van der Waals surface area contributed by atoms with E-state index in [0.717, 1.165) is 5.56 Å². The van der Waals surface area contributed by atoms with Gasteiger partial charge in [-0.1, -0.05) is 30.3 Å². The molecule has 0 aliphatic rings. The highest BCUT2D eigenvalue weighted by atomic mass is 32.2. The Morgan fingerprint density at radius 3 is 2.32 bits per heavy atom. The summed E-state index contributed by atoms with van der Waals surface area (Å²) >= 11 is 0. The average molecular weight is 436 g/mol. The Morgan fingerprint density at radius 2 is 1.77 bits per heavy atom. The lowest BCUT2D eigenvalue weighted by molar-refractivity contribution is 0.0698. The first-order valence-electron chi connectivity index (χ1n) is 9.27. The number of carbonyl (C=O) groups is 1. The van der Waals surface area contributed by atoms with Crippen LogP contribution in [0.2, 0.25) is 0 Å². The molecule has 0 aliphatic carbocycles. The van der Waals surface area contributed by atoms with Crippen LogP contribution < -0.4 is 9.46 Å². The lowest BCUT2D eigenvalue weighted by Gasteiger charge is -2.18. The zero-order valence-corrected chi connectivity index (χ0v) is 17.7. The number of hydrogen-bond donors (Lipinski definition) is 2. The molecule has 0 spiro atoms. The molecule has 31 heavy (non-hydrogen) atoms. The fourth-order valence-corrected chi connectivity index (χ4v) is 4.38. The van der Waals surface area contributed by atoms with E-state index in [2.05, 4.69) is 4.72 Å². The Kier molecular flexibility index (Phi) is 6.28. The van der Waals surface area contributed by atoms with Gasteiger partial charge in [-0.25, -0.2) is 13.2 Å². The fourth-order valence-electron chi connectivity index (χ4n) is 3.23. The Morgan fingerprint density at radius 1 is 1.13 bits per heavy atom. The molecule has 2 N–H and O–H groups in total. The lowest BCUT2D eigenvalue weighted by Crippen LogP contribution is -2.18. The molecule has 0 atom stereocenters. The molecule has 0 amide bonds. The molecule has 0 radical (unpaired) electrons. The number of carboxylic acid groups (broad SMARTS) is 1. The topological polar surface area (TPSA) is 116 Å². The number of nitrogens with one attached hydrogen (secondary N) is 1. The van der Waals surface area contributed by atoms with Crippen molar-refractivity contribution in [3.05, 3.63) is 88.5 Å². The minimum Gasteiger partial charge on any atom is -0.497 e. The minimum atomic E-state index is -4.08. The summed E-state index contributed by atoms with van der Waals surface area (Å²) in [5, 5.41) is 19.3. The number of anilines is 1. The molecule has 0 bridgehead atoms. The second-order valence-electron chi connectivity index (χ2n) is 6.81. The van der Waals surface area contributed by atoms with Gasteiger partial charge in [-0.2, -0.15) is 5.26 Å². The standard InChI is InChI=1S/C23H20N2O5S/c1-15-20(12-16-6-4-3-5-7-16)17(14-24)13-21(23(26)27)22(15)25-31(28,29)19-10-8-18(30-2)9-11-19/h3-11,13,25H,12H2,1-2H3,(H,26,27). The Balaban J connectivity index is 2.12. The number of carboxylic acids is 1. The molecule has 0 fully saturated rings. The molecule has 0 aromatic heterocycles. The number of benzene rings is 3. The van der Waals surface area contributed by atoms with Crippen molar-refractivity contribution < 1.29 is 23.1 Å². The summed E-state index contributed by atoms with van der Waals surface area (Å²) in [4.78, 5) is 11.8. The third-order valence-electron chi connectivity index (χ3n) is 4.89. The summed E-state index contributed by atoms with van der Waals surface area (Å²) in [6.45, 7) is 1.61. The Bertz CT molecular complexity index is 1260. The molecular weight excluding hydrogens is 416 g/mol. The van der Waals surface area contributed by atoms with E-state index in [0.29, 0.717) is 23.3 Å². The van der Waals surface area contributed by atoms with Crippen molar-refractivity contribution in [3.63, 3.8) is 0 Å². The third kappa shape index (κ3) is 4.68. The number of nitriles is 1. The summed E-state index contributed by atoms with van der Waals surface area (Å²) in [5.41, 5.74) is 1.69. The largest absolute Gasteiger partial charge is 0.497 e. The summed E-state index contributed by atoms with van der Waals surface area (Å²) in [6.07, 6.45) is 0.354. The maximum absolute atomic E-state index is 12.9. The highest BCUT2D eigenvalue weighted by molar-refractivity contribution is 7.92. The Labute approximate surface area is 180 Å². The van der Waals surface area contributed by atoms with Gasteiger partial charge < -0.3 is 9.84 Å². The van der Waals surface area contributed by atoms with Gasteiger partial charge in [0.2, 0.25) is 0 Å². The number of aromatic carboxylic acids is 1. The number of hydrogen-bond acceptors (Lipinski definition) is 5. The third-order valence-corrected chi connectivity index (χ3v) is 6.26. The molecule has 0 heterocycles. The van der Waals surface area contributed by atoms with Crippen molar-refractivity contribution in [1.82, 2.24) is 0 Å². The normalized spacial score (nSPS) is 10.9. The molecule has 8 heteroatoms. The first kappa shape index (κ1) is 21.9. The predicted octanol–water partition coefficient (Wildman–Crippen LogP) is 3.97. The van der Waals surface area contributed by atoms with Crippen molar-refractivity contribution >= 4 is 21.7 Å². The first-order valence-corrected chi connectivity index (χ1v) is 10.8. The van der Waals surface area contributed by atoms with Crippen LogP contribution in [0.1, 0.15) is 32.6 Å². The summed E-state index contributed by atoms with van der Waals surface area (Å²) in [6, 6.07) is 18.3. The second kappa shape index (κ2) is 8.90. The zero-order chi connectivity index (χ0) is 22.6. The van der Waals surface area contributed by atoms with Crippen molar-refractivity contribution in [1.29, 1.82) is 5.26 Å². The molecule has 0 unspecified atom stereocenters. The maximum atomic E-state index is 12.9. The monoisotopic (exact) mass is 436 g/mol. The van der Waals surface area contributed by atoms with E-state index in [1.54, 1.807) is 6.92 Å². The van der Waals surface area contributed by atoms with Crippen LogP contribution >= 0.6 is 0 Å². The van der Waals surface area contributed by atoms with Crippen LogP contribution in [0.5, 0.6) is 5.75 Å². The molecule has 7 nitrogen and oxygen atoms in total. The van der Waals surface area contributed by atoms with Crippen LogP contribution in [0.15, 0.2) is 65.6 Å². The van der Waals surface area contributed by atoms with Gasteiger partial charge in [-0.15, -0.1) is 0 Å². The number of nitrogens with zero attached hydrogens (tertiary/aromatic N) is 1. The predicted molar refractivity (Wildman–Crippen MR) is 116 cm³/mol. The van der Waals surface area contributed by atoms with Crippen LogP contribution in [0.4, 0.5) is 5.69 Å². The summed E-state index contributed by atoms with van der Waals surface area (Å²) < 4.78 is 33.3. The SMILES string of the molecule is COc1ccc(S(=O)(=O)Nc2c(C(=O)O)cc(C#N)c(Cc3ccccc3)c2C)cc1. The minimum absolute atomic E-state index is 0.0435. The van der Waals surface area contributed by atoms with Crippen LogP contribution in [0, 0.1) is 18.3 Å². The smallest absolute Gasteiger partial charge is 0.337 e. The average Bonchev–Trinajstić information content (AvgIpc) is 2.77. The van der Waals surface area contributed by atoms with E-state index in [-0.39, 0.29) is 21.7 Å². The first-order chi connectivity index (χ1) is 14.8. The van der Waals surface area contributed by atoms with E-state index in [9.17, 15) is 23.6 Å². The van der Waals surface area contributed by atoms with Gasteiger partial charge in [-0.05, 0) is 60.4 Å². The molecule has 0 aliphatic heterocycles. The van der Waals surface area contributed by atoms with Crippen molar-refractivity contribution in [2.45, 2.75) is 18.2 Å². The van der Waals surface area contributed by atoms with E-state index >= 15 is 0 Å². The molecule has 3 aromatic rings. The van der Waals surface area contributed by atoms with Crippen LogP contribution in [-0.2, 0) is 16.4 Å². The highest BCUT2D eigenvalue weighted by Gasteiger charge is 2.24. The fraction of sp³-hybridized carbons (Fsp3) is 0.130. The zero-order valence-electron chi connectivity index (χ0n) is 16.9. The van der Waals surface area contributed by atoms with Crippen molar-refractivity contribution in [2.75, 3.05) is 11.8 Å². The number of methoxy groups -OCH3 is 1. The molecule has 3 aromatic carbocycles. The molecule has 3 rings (SSSR count). The van der Waals surface area contributed by atoms with Crippen LogP contribution in [-0.4, -0.2) is 26.6 Å². The summed E-state index contributed by atoms with van der Waals surface area (Å²) in [5.74, 6) is -0.844. The van der Waals surface area contributed by atoms with Gasteiger partial charge in [0.1, 0.15) is 5.75 Å². The van der Waals surface area contributed by atoms with Gasteiger partial charge in [0.25, 0.3) is 10.0 Å². The van der Waals surface area contributed by atoms with Crippen LogP contribution in [0.25, 0.3) is 0 Å². The van der Waals surface area contributed by atoms with Gasteiger partial charge >= 0.3 is 5.97 Å². The van der Waals surface area contributed by atoms with Gasteiger partial charge in [0.05, 0.1) is 34.9 Å². The van der Waals surface area contributed by atoms with E-state index in [1.165, 1.54) is 37.4 Å². The lowest BCUT2D eigenvalue weighted by atomic mass is 9.92. The molecule has 0 saturated carbocycles. The van der Waals surface area contributed by atoms with Crippen LogP contribution in [0.3, 0.4) is 0 Å². The molecular formula is C23H20N2O5S. The summed E-state index contributed by atoms with van der Waals surface area (Å²) in [7, 11) is -2.61. The highest BCUT2D eigenvalue weighted by Crippen LogP contribution is 2.31. The molecule has 158 valence electrons. The quantitative estimate of drug-likeness (QED) is 0.579. The van der Waals surface area contributed by atoms with Gasteiger partial charge in [0.15, 0.2) is 0 Å². The maximum Gasteiger partial charge on any atom is 0.337 e. The number of sulfonamides is 1. The van der Waals surface area contributed by atoms with E-state index < -0.39 is 16.0 Å². The van der Waals surface area contributed by atoms with Crippen molar-refractivity contribution in [2.24, 2.45) is 0 Å². The molecule has 0 saturated heterocycles.